The molecular formula is C19H16Cl3N3OS. The number of benzene rings is 2. The molecule has 0 amide bonds. The van der Waals surface area contributed by atoms with Crippen molar-refractivity contribution >= 4 is 46.6 Å². The zero-order valence-corrected chi connectivity index (χ0v) is 17.3. The zero-order valence-electron chi connectivity index (χ0n) is 14.2. The predicted octanol–water partition coefficient (Wildman–Crippen LogP) is 6.30. The Hall–Kier alpha value is -1.66. The molecule has 0 aliphatic carbocycles. The SMILES string of the molecule is C=CCn1c(COc2ccc(Cl)cc2Cl)nnc1SCc1cccc(Cl)c1. The molecule has 27 heavy (non-hydrogen) atoms. The van der Waals surface area contributed by atoms with Crippen LogP contribution in [0.3, 0.4) is 0 Å². The Morgan fingerprint density at radius 2 is 1.89 bits per heavy atom. The summed E-state index contributed by atoms with van der Waals surface area (Å²) in [6, 6.07) is 12.8. The van der Waals surface area contributed by atoms with Gasteiger partial charge < -0.3 is 4.74 Å². The summed E-state index contributed by atoms with van der Waals surface area (Å²) in [5.74, 6) is 1.97. The van der Waals surface area contributed by atoms with Crippen LogP contribution < -0.4 is 4.74 Å². The van der Waals surface area contributed by atoms with Gasteiger partial charge in [-0.2, -0.15) is 0 Å². The molecule has 2 aromatic carbocycles. The lowest BCUT2D eigenvalue weighted by molar-refractivity contribution is 0.289. The molecule has 0 saturated heterocycles. The highest BCUT2D eigenvalue weighted by Crippen LogP contribution is 2.29. The van der Waals surface area contributed by atoms with Crippen molar-refractivity contribution in [1.29, 1.82) is 0 Å². The Morgan fingerprint density at radius 1 is 1.07 bits per heavy atom. The van der Waals surface area contributed by atoms with Crippen LogP contribution in [0.4, 0.5) is 0 Å². The van der Waals surface area contributed by atoms with Gasteiger partial charge in [-0.25, -0.2) is 0 Å². The van der Waals surface area contributed by atoms with Crippen LogP contribution in [0.2, 0.25) is 15.1 Å². The van der Waals surface area contributed by atoms with Gasteiger partial charge >= 0.3 is 0 Å². The number of hydrogen-bond acceptors (Lipinski definition) is 4. The fourth-order valence-electron chi connectivity index (χ4n) is 2.35. The number of allylic oxidation sites excluding steroid dienone is 1. The van der Waals surface area contributed by atoms with Crippen molar-refractivity contribution < 1.29 is 4.74 Å². The van der Waals surface area contributed by atoms with Gasteiger partial charge in [-0.15, -0.1) is 16.8 Å². The van der Waals surface area contributed by atoms with Crippen molar-refractivity contribution in [3.63, 3.8) is 0 Å². The number of halogens is 3. The molecule has 0 spiro atoms. The van der Waals surface area contributed by atoms with Crippen molar-refractivity contribution in [2.75, 3.05) is 0 Å². The van der Waals surface area contributed by atoms with Crippen LogP contribution in [0.15, 0.2) is 60.3 Å². The van der Waals surface area contributed by atoms with E-state index in [-0.39, 0.29) is 6.61 Å². The van der Waals surface area contributed by atoms with Crippen molar-refractivity contribution in [1.82, 2.24) is 14.8 Å². The van der Waals surface area contributed by atoms with E-state index in [1.807, 2.05) is 28.8 Å². The van der Waals surface area contributed by atoms with Crippen LogP contribution in [0.5, 0.6) is 5.75 Å². The Morgan fingerprint density at radius 3 is 2.63 bits per heavy atom. The number of thioether (sulfide) groups is 1. The van der Waals surface area contributed by atoms with Gasteiger partial charge in [-0.05, 0) is 35.9 Å². The summed E-state index contributed by atoms with van der Waals surface area (Å²) in [6.45, 7) is 4.63. The van der Waals surface area contributed by atoms with E-state index in [2.05, 4.69) is 16.8 Å². The van der Waals surface area contributed by atoms with Gasteiger partial charge in [0.25, 0.3) is 0 Å². The van der Waals surface area contributed by atoms with E-state index in [0.717, 1.165) is 21.5 Å². The van der Waals surface area contributed by atoms with E-state index < -0.39 is 0 Å². The second-order valence-corrected chi connectivity index (χ2v) is 7.80. The van der Waals surface area contributed by atoms with Crippen LogP contribution in [-0.2, 0) is 18.9 Å². The first-order valence-corrected chi connectivity index (χ1v) is 10.2. The van der Waals surface area contributed by atoms with Crippen molar-refractivity contribution in [2.24, 2.45) is 0 Å². The average molecular weight is 441 g/mol. The minimum Gasteiger partial charge on any atom is -0.484 e. The van der Waals surface area contributed by atoms with E-state index in [9.17, 15) is 0 Å². The molecule has 140 valence electrons. The molecular weight excluding hydrogens is 425 g/mol. The van der Waals surface area contributed by atoms with Gasteiger partial charge in [0.05, 0.1) is 5.02 Å². The monoisotopic (exact) mass is 439 g/mol. The summed E-state index contributed by atoms with van der Waals surface area (Å²) in [5, 5.41) is 11.0. The van der Waals surface area contributed by atoms with Crippen LogP contribution in [-0.4, -0.2) is 14.8 Å². The van der Waals surface area contributed by atoms with E-state index in [1.165, 1.54) is 0 Å². The summed E-state index contributed by atoms with van der Waals surface area (Å²) >= 11 is 19.7. The summed E-state index contributed by atoms with van der Waals surface area (Å²) in [5.41, 5.74) is 1.12. The zero-order chi connectivity index (χ0) is 19.2. The van der Waals surface area contributed by atoms with Crippen molar-refractivity contribution in [3.05, 3.63) is 81.6 Å². The molecule has 0 radical (unpaired) electrons. The topological polar surface area (TPSA) is 39.9 Å². The molecule has 0 aliphatic heterocycles. The number of hydrogen-bond donors (Lipinski definition) is 0. The first-order valence-electron chi connectivity index (χ1n) is 8.05. The predicted molar refractivity (Wildman–Crippen MR) is 112 cm³/mol. The highest BCUT2D eigenvalue weighted by Gasteiger charge is 2.13. The molecule has 8 heteroatoms. The van der Waals surface area contributed by atoms with E-state index in [4.69, 9.17) is 39.5 Å². The van der Waals surface area contributed by atoms with Crippen LogP contribution >= 0.6 is 46.6 Å². The van der Waals surface area contributed by atoms with Crippen LogP contribution in [0, 0.1) is 0 Å². The highest BCUT2D eigenvalue weighted by molar-refractivity contribution is 7.98. The van der Waals surface area contributed by atoms with Gasteiger partial charge in [-0.3, -0.25) is 4.57 Å². The summed E-state index contributed by atoms with van der Waals surface area (Å²) in [4.78, 5) is 0. The van der Waals surface area contributed by atoms with Gasteiger partial charge in [-0.1, -0.05) is 64.8 Å². The second-order valence-electron chi connectivity index (χ2n) is 5.58. The summed E-state index contributed by atoms with van der Waals surface area (Å²) < 4.78 is 7.75. The molecule has 0 saturated carbocycles. The molecule has 0 N–H and O–H groups in total. The average Bonchev–Trinajstić information content (AvgIpc) is 3.01. The number of aromatic nitrogens is 3. The molecule has 0 aliphatic rings. The minimum atomic E-state index is 0.236. The maximum absolute atomic E-state index is 6.15. The number of ether oxygens (including phenoxy) is 1. The molecule has 0 bridgehead atoms. The Bertz CT molecular complexity index is 946. The van der Waals surface area contributed by atoms with Crippen molar-refractivity contribution in [2.45, 2.75) is 24.1 Å². The fraction of sp³-hybridized carbons (Fsp3) is 0.158. The maximum atomic E-state index is 6.15. The molecule has 1 aromatic heterocycles. The highest BCUT2D eigenvalue weighted by atomic mass is 35.5. The first kappa shape index (κ1) is 20.1. The number of rotatable bonds is 8. The molecule has 0 unspecified atom stereocenters. The van der Waals surface area contributed by atoms with E-state index >= 15 is 0 Å². The molecule has 3 aromatic rings. The fourth-order valence-corrected chi connectivity index (χ4v) is 3.94. The lowest BCUT2D eigenvalue weighted by Gasteiger charge is -2.10. The molecule has 3 rings (SSSR count). The summed E-state index contributed by atoms with van der Waals surface area (Å²) in [6.07, 6.45) is 1.80. The number of nitrogens with zero attached hydrogens (tertiary/aromatic N) is 3. The largest absolute Gasteiger partial charge is 0.484 e. The third-order valence-corrected chi connectivity index (χ3v) is 5.42. The van der Waals surface area contributed by atoms with Gasteiger partial charge in [0, 0.05) is 22.3 Å². The minimum absolute atomic E-state index is 0.236. The Balaban J connectivity index is 1.71. The quantitative estimate of drug-likeness (QED) is 0.304. The lowest BCUT2D eigenvalue weighted by Crippen LogP contribution is -2.07. The first-order chi connectivity index (χ1) is 13.1. The van der Waals surface area contributed by atoms with Crippen LogP contribution in [0.1, 0.15) is 11.4 Å². The smallest absolute Gasteiger partial charge is 0.191 e. The van der Waals surface area contributed by atoms with E-state index in [1.54, 1.807) is 36.0 Å². The van der Waals surface area contributed by atoms with Crippen molar-refractivity contribution in [3.8, 4) is 5.75 Å². The molecule has 4 nitrogen and oxygen atoms in total. The Labute approximate surface area is 177 Å². The summed E-state index contributed by atoms with van der Waals surface area (Å²) in [7, 11) is 0. The van der Waals surface area contributed by atoms with Gasteiger partial charge in [0.1, 0.15) is 12.4 Å². The second kappa shape index (κ2) is 9.51. The normalized spacial score (nSPS) is 10.8. The molecule has 0 atom stereocenters. The van der Waals surface area contributed by atoms with Crippen LogP contribution in [0.25, 0.3) is 0 Å². The lowest BCUT2D eigenvalue weighted by atomic mass is 10.2. The van der Waals surface area contributed by atoms with E-state index in [0.29, 0.717) is 28.2 Å². The van der Waals surface area contributed by atoms with Gasteiger partial charge in [0.2, 0.25) is 0 Å². The third-order valence-electron chi connectivity index (χ3n) is 3.61. The third kappa shape index (κ3) is 5.42. The van der Waals surface area contributed by atoms with Gasteiger partial charge in [0.15, 0.2) is 11.0 Å². The standard InChI is InChI=1S/C19H16Cl3N3OS/c1-2-8-25-18(11-26-17-7-6-15(21)10-16(17)22)23-24-19(25)27-12-13-4-3-5-14(20)9-13/h2-7,9-10H,1,8,11-12H2. The maximum Gasteiger partial charge on any atom is 0.191 e. The molecule has 0 fully saturated rings. The Kier molecular flexibility index (Phi) is 7.07. The molecule has 1 heterocycles.